The quantitative estimate of drug-likeness (QED) is 0.803. The molecule has 84 valence electrons. The number of nitrogen functional groups attached to an aromatic ring is 1. The lowest BCUT2D eigenvalue weighted by atomic mass is 10.3. The zero-order valence-corrected chi connectivity index (χ0v) is 9.05. The van der Waals surface area contributed by atoms with Crippen molar-refractivity contribution in [2.45, 2.75) is 6.54 Å². The third-order valence-corrected chi connectivity index (χ3v) is 2.42. The second kappa shape index (κ2) is 4.24. The van der Waals surface area contributed by atoms with E-state index in [1.165, 1.54) is 0 Å². The Morgan fingerprint density at radius 1 is 1.31 bits per heavy atom. The first kappa shape index (κ1) is 10.5. The van der Waals surface area contributed by atoms with Crippen molar-refractivity contribution in [2.24, 2.45) is 5.73 Å². The van der Waals surface area contributed by atoms with Crippen LogP contribution >= 0.6 is 0 Å². The van der Waals surface area contributed by atoms with Gasteiger partial charge < -0.3 is 16.2 Å². The molecule has 4 N–H and O–H groups in total. The van der Waals surface area contributed by atoms with Crippen LogP contribution in [0.25, 0.3) is 5.69 Å². The number of nitrogens with zero attached hydrogens (tertiary/aromatic N) is 2. The topological polar surface area (TPSA) is 79.1 Å². The molecule has 0 saturated carbocycles. The summed E-state index contributed by atoms with van der Waals surface area (Å²) < 4.78 is 6.74. The highest BCUT2D eigenvalue weighted by atomic mass is 16.5. The molecule has 1 aromatic heterocycles. The van der Waals surface area contributed by atoms with Crippen LogP contribution in [0.3, 0.4) is 0 Å². The molecule has 0 spiro atoms. The Hall–Kier alpha value is -2.01. The summed E-state index contributed by atoms with van der Waals surface area (Å²) in [7, 11) is 1.63. The number of rotatable bonds is 3. The molecule has 5 nitrogen and oxygen atoms in total. The van der Waals surface area contributed by atoms with Gasteiger partial charge in [0.05, 0.1) is 19.0 Å². The first-order valence-corrected chi connectivity index (χ1v) is 4.93. The number of aromatic nitrogens is 2. The van der Waals surface area contributed by atoms with E-state index < -0.39 is 0 Å². The molecule has 2 rings (SSSR count). The molecule has 0 aliphatic carbocycles. The van der Waals surface area contributed by atoms with Gasteiger partial charge in [-0.15, -0.1) is 0 Å². The second-order valence-electron chi connectivity index (χ2n) is 3.37. The maximum atomic E-state index is 5.91. The lowest BCUT2D eigenvalue weighted by molar-refractivity contribution is 0.414. The molecule has 0 fully saturated rings. The van der Waals surface area contributed by atoms with Gasteiger partial charge in [-0.1, -0.05) is 0 Å². The molecule has 1 heterocycles. The van der Waals surface area contributed by atoms with Gasteiger partial charge in [-0.3, -0.25) is 0 Å². The van der Waals surface area contributed by atoms with Gasteiger partial charge in [0.2, 0.25) is 0 Å². The molecule has 1 aromatic carbocycles. The van der Waals surface area contributed by atoms with Crippen molar-refractivity contribution in [3.63, 3.8) is 0 Å². The number of ether oxygens (including phenoxy) is 1. The molecule has 2 aromatic rings. The van der Waals surface area contributed by atoms with E-state index in [1.807, 2.05) is 24.3 Å². The summed E-state index contributed by atoms with van der Waals surface area (Å²) in [6, 6.07) is 7.50. The molecule has 0 aliphatic heterocycles. The highest BCUT2D eigenvalue weighted by Crippen LogP contribution is 2.19. The average Bonchev–Trinajstić information content (AvgIpc) is 2.70. The zero-order valence-electron chi connectivity index (χ0n) is 9.05. The zero-order chi connectivity index (χ0) is 11.5. The van der Waals surface area contributed by atoms with Crippen LogP contribution in [0.15, 0.2) is 30.5 Å². The fourth-order valence-corrected chi connectivity index (χ4v) is 1.48. The summed E-state index contributed by atoms with van der Waals surface area (Å²) in [6.45, 7) is 0.391. The van der Waals surface area contributed by atoms with E-state index in [-0.39, 0.29) is 0 Å². The number of hydrogen-bond donors (Lipinski definition) is 2. The Balaban J connectivity index is 2.38. The lowest BCUT2D eigenvalue weighted by Crippen LogP contribution is -2.05. The Bertz CT molecular complexity index is 475. The van der Waals surface area contributed by atoms with E-state index in [9.17, 15) is 0 Å². The number of hydrogen-bond acceptors (Lipinski definition) is 4. The normalized spacial score (nSPS) is 10.4. The highest BCUT2D eigenvalue weighted by Gasteiger charge is 2.07. The van der Waals surface area contributed by atoms with Gasteiger partial charge in [0.15, 0.2) is 0 Å². The van der Waals surface area contributed by atoms with Crippen LogP contribution in [0.2, 0.25) is 0 Å². The Morgan fingerprint density at radius 3 is 2.50 bits per heavy atom. The fourth-order valence-electron chi connectivity index (χ4n) is 1.48. The largest absolute Gasteiger partial charge is 0.497 e. The number of nitrogens with two attached hydrogens (primary N) is 2. The highest BCUT2D eigenvalue weighted by molar-refractivity contribution is 5.48. The molecule has 5 heteroatoms. The second-order valence-corrected chi connectivity index (χ2v) is 3.37. The van der Waals surface area contributed by atoms with E-state index in [1.54, 1.807) is 18.0 Å². The van der Waals surface area contributed by atoms with Crippen LogP contribution in [0.5, 0.6) is 5.75 Å². The molecule has 0 saturated heterocycles. The maximum Gasteiger partial charge on any atom is 0.131 e. The van der Waals surface area contributed by atoms with Crippen molar-refractivity contribution in [3.05, 3.63) is 36.0 Å². The van der Waals surface area contributed by atoms with E-state index in [0.29, 0.717) is 12.4 Å². The minimum absolute atomic E-state index is 0.391. The van der Waals surface area contributed by atoms with Crippen molar-refractivity contribution in [3.8, 4) is 11.4 Å². The molecule has 0 radical (unpaired) electrons. The molecular formula is C11H14N4O. The molecule has 0 aliphatic rings. The van der Waals surface area contributed by atoms with Crippen molar-refractivity contribution < 1.29 is 4.74 Å². The van der Waals surface area contributed by atoms with E-state index in [0.717, 1.165) is 17.0 Å². The van der Waals surface area contributed by atoms with Crippen LogP contribution in [0.4, 0.5) is 5.82 Å². The van der Waals surface area contributed by atoms with Crippen LogP contribution in [-0.4, -0.2) is 16.9 Å². The monoisotopic (exact) mass is 218 g/mol. The molecular weight excluding hydrogens is 204 g/mol. The van der Waals surface area contributed by atoms with Crippen LogP contribution in [0, 0.1) is 0 Å². The predicted molar refractivity (Wildman–Crippen MR) is 62.4 cm³/mol. The maximum absolute atomic E-state index is 5.91. The first-order chi connectivity index (χ1) is 7.76. The van der Waals surface area contributed by atoms with E-state index in [4.69, 9.17) is 16.2 Å². The summed E-state index contributed by atoms with van der Waals surface area (Å²) in [5, 5.41) is 4.18. The molecule has 0 unspecified atom stereocenters. The SMILES string of the molecule is COc1ccc(-n2ncc(CN)c2N)cc1. The predicted octanol–water partition coefficient (Wildman–Crippen LogP) is 0.922. The third-order valence-electron chi connectivity index (χ3n) is 2.42. The van der Waals surface area contributed by atoms with Gasteiger partial charge >= 0.3 is 0 Å². The standard InChI is InChI=1S/C11H14N4O/c1-16-10-4-2-9(3-5-10)15-11(13)8(6-12)7-14-15/h2-5,7H,6,12-13H2,1H3. The average molecular weight is 218 g/mol. The van der Waals surface area contributed by atoms with Crippen LogP contribution in [0.1, 0.15) is 5.56 Å². The summed E-state index contributed by atoms with van der Waals surface area (Å²) in [4.78, 5) is 0. The summed E-state index contributed by atoms with van der Waals surface area (Å²) in [5.41, 5.74) is 13.2. The Kier molecular flexibility index (Phi) is 2.78. The molecule has 0 bridgehead atoms. The number of benzene rings is 1. The van der Waals surface area contributed by atoms with Crippen molar-refractivity contribution in [2.75, 3.05) is 12.8 Å². The van der Waals surface area contributed by atoms with Gasteiger partial charge in [-0.2, -0.15) is 5.10 Å². The number of anilines is 1. The summed E-state index contributed by atoms with van der Waals surface area (Å²) in [5.74, 6) is 1.38. The summed E-state index contributed by atoms with van der Waals surface area (Å²) in [6.07, 6.45) is 1.68. The van der Waals surface area contributed by atoms with Crippen molar-refractivity contribution in [1.29, 1.82) is 0 Å². The minimum Gasteiger partial charge on any atom is -0.497 e. The fraction of sp³-hybridized carbons (Fsp3) is 0.182. The lowest BCUT2D eigenvalue weighted by Gasteiger charge is -2.05. The first-order valence-electron chi connectivity index (χ1n) is 4.93. The van der Waals surface area contributed by atoms with Gasteiger partial charge in [-0.25, -0.2) is 4.68 Å². The van der Waals surface area contributed by atoms with Gasteiger partial charge in [0, 0.05) is 12.1 Å². The third kappa shape index (κ3) is 1.72. The minimum atomic E-state index is 0.391. The Labute approximate surface area is 93.6 Å². The number of methoxy groups -OCH3 is 1. The van der Waals surface area contributed by atoms with Gasteiger partial charge in [0.25, 0.3) is 0 Å². The van der Waals surface area contributed by atoms with Crippen LogP contribution < -0.4 is 16.2 Å². The van der Waals surface area contributed by atoms with E-state index in [2.05, 4.69) is 5.10 Å². The van der Waals surface area contributed by atoms with Gasteiger partial charge in [-0.05, 0) is 24.3 Å². The van der Waals surface area contributed by atoms with Gasteiger partial charge in [0.1, 0.15) is 11.6 Å². The van der Waals surface area contributed by atoms with Crippen LogP contribution in [-0.2, 0) is 6.54 Å². The van der Waals surface area contributed by atoms with Crippen molar-refractivity contribution in [1.82, 2.24) is 9.78 Å². The van der Waals surface area contributed by atoms with Crippen molar-refractivity contribution >= 4 is 5.82 Å². The Morgan fingerprint density at radius 2 is 2.00 bits per heavy atom. The smallest absolute Gasteiger partial charge is 0.131 e. The molecule has 16 heavy (non-hydrogen) atoms. The van der Waals surface area contributed by atoms with E-state index >= 15 is 0 Å². The molecule has 0 atom stereocenters. The summed E-state index contributed by atoms with van der Waals surface area (Å²) >= 11 is 0. The molecule has 0 amide bonds.